The van der Waals surface area contributed by atoms with E-state index in [1.807, 2.05) is 47.4 Å². The number of carbonyl (C=O) groups is 3. The van der Waals surface area contributed by atoms with Gasteiger partial charge in [0.2, 0.25) is 11.6 Å². The predicted octanol–water partition coefficient (Wildman–Crippen LogP) is 3.47. The number of esters is 1. The van der Waals surface area contributed by atoms with Crippen LogP contribution < -0.4 is 5.32 Å². The molecule has 0 radical (unpaired) electrons. The summed E-state index contributed by atoms with van der Waals surface area (Å²) in [4.78, 5) is 38.2. The van der Waals surface area contributed by atoms with Gasteiger partial charge in [0.25, 0.3) is 0 Å². The van der Waals surface area contributed by atoms with Crippen LogP contribution in [0, 0.1) is 0 Å². The molecule has 7 heteroatoms. The van der Waals surface area contributed by atoms with Gasteiger partial charge in [-0.2, -0.15) is 0 Å². The molecule has 1 aliphatic heterocycles. The van der Waals surface area contributed by atoms with Gasteiger partial charge in [-0.1, -0.05) is 54.1 Å². The van der Waals surface area contributed by atoms with Crippen molar-refractivity contribution in [1.82, 2.24) is 10.2 Å². The molecule has 1 N–H and O–H groups in total. The summed E-state index contributed by atoms with van der Waals surface area (Å²) in [6.45, 7) is 3.28. The van der Waals surface area contributed by atoms with Gasteiger partial charge in [0.1, 0.15) is 0 Å². The molecule has 3 atom stereocenters. The van der Waals surface area contributed by atoms with Gasteiger partial charge in [-0.05, 0) is 37.0 Å². The first-order chi connectivity index (χ1) is 14.8. The fourth-order valence-electron chi connectivity index (χ4n) is 4.33. The summed E-state index contributed by atoms with van der Waals surface area (Å²) in [5.41, 5.74) is 0.101. The molecule has 2 aromatic rings. The maximum Gasteiger partial charge on any atom is 0.305 e. The Morgan fingerprint density at radius 3 is 2.42 bits per heavy atom. The van der Waals surface area contributed by atoms with Gasteiger partial charge in [-0.15, -0.1) is 0 Å². The summed E-state index contributed by atoms with van der Waals surface area (Å²) in [7, 11) is 0. The van der Waals surface area contributed by atoms with Gasteiger partial charge in [0, 0.05) is 43.1 Å². The quantitative estimate of drug-likeness (QED) is 0.525. The minimum Gasteiger partial charge on any atom is -0.432 e. The molecule has 0 aromatic heterocycles. The average Bonchev–Trinajstić information content (AvgIpc) is 2.74. The molecule has 2 aromatic carbocycles. The summed E-state index contributed by atoms with van der Waals surface area (Å²) < 4.78 is 5.73. The molecular weight excluding hydrogens is 416 g/mol. The number of halogens is 1. The maximum atomic E-state index is 12.6. The van der Waals surface area contributed by atoms with Gasteiger partial charge in [-0.3, -0.25) is 19.3 Å². The molecule has 0 saturated carbocycles. The summed E-state index contributed by atoms with van der Waals surface area (Å²) >= 11 is 6.03. The Balaban J connectivity index is 2.01. The minimum absolute atomic E-state index is 0.0245. The van der Waals surface area contributed by atoms with E-state index in [-0.39, 0.29) is 18.0 Å². The van der Waals surface area contributed by atoms with Crippen LogP contribution in [0.2, 0.25) is 5.02 Å². The monoisotopic (exact) mass is 442 g/mol. The summed E-state index contributed by atoms with van der Waals surface area (Å²) in [5.74, 6) is -0.626. The molecule has 0 bridgehead atoms. The van der Waals surface area contributed by atoms with Crippen LogP contribution in [0.3, 0.4) is 0 Å². The van der Waals surface area contributed by atoms with E-state index in [0.29, 0.717) is 42.7 Å². The maximum absolute atomic E-state index is 12.6. The van der Waals surface area contributed by atoms with Crippen molar-refractivity contribution in [2.45, 2.75) is 50.9 Å². The standard InChI is InChI=1S/C24H27ClN2O4/c1-17(29)26-22-12-13-27(23(15-22)14-19-8-10-21(25)11-9-19)24(16-28,31-18(2)30)20-6-4-3-5-7-20/h3-11,16,22-23H,12-15H2,1-2H3,(H,26,29). The highest BCUT2D eigenvalue weighted by atomic mass is 35.5. The third kappa shape index (κ3) is 5.51. The lowest BCUT2D eigenvalue weighted by atomic mass is 9.88. The second-order valence-corrected chi connectivity index (χ2v) is 8.31. The number of hydrogen-bond acceptors (Lipinski definition) is 5. The van der Waals surface area contributed by atoms with Gasteiger partial charge in [0.15, 0.2) is 6.29 Å². The van der Waals surface area contributed by atoms with Crippen LogP contribution in [0.5, 0.6) is 0 Å². The molecule has 3 unspecified atom stereocenters. The van der Waals surface area contributed by atoms with Crippen molar-refractivity contribution >= 4 is 29.8 Å². The second-order valence-electron chi connectivity index (χ2n) is 7.87. The van der Waals surface area contributed by atoms with E-state index in [4.69, 9.17) is 16.3 Å². The van der Waals surface area contributed by atoms with E-state index in [1.54, 1.807) is 12.1 Å². The Morgan fingerprint density at radius 1 is 1.16 bits per heavy atom. The molecule has 1 saturated heterocycles. The van der Waals surface area contributed by atoms with Gasteiger partial charge >= 0.3 is 5.97 Å². The first kappa shape index (κ1) is 23.0. The number of amides is 1. The zero-order chi connectivity index (χ0) is 22.4. The number of nitrogens with zero attached hydrogens (tertiary/aromatic N) is 1. The topological polar surface area (TPSA) is 75.7 Å². The van der Waals surface area contributed by atoms with Crippen molar-refractivity contribution in [2.75, 3.05) is 6.54 Å². The Bertz CT molecular complexity index is 919. The van der Waals surface area contributed by atoms with E-state index >= 15 is 0 Å². The molecule has 3 rings (SSSR count). The first-order valence-corrected chi connectivity index (χ1v) is 10.7. The molecule has 1 fully saturated rings. The van der Waals surface area contributed by atoms with E-state index < -0.39 is 11.7 Å². The number of nitrogens with one attached hydrogen (secondary N) is 1. The lowest BCUT2D eigenvalue weighted by Crippen LogP contribution is -2.60. The largest absolute Gasteiger partial charge is 0.432 e. The average molecular weight is 443 g/mol. The van der Waals surface area contributed by atoms with Crippen molar-refractivity contribution in [3.05, 3.63) is 70.7 Å². The van der Waals surface area contributed by atoms with Crippen LogP contribution in [0.15, 0.2) is 54.6 Å². The van der Waals surface area contributed by atoms with Crippen LogP contribution in [-0.4, -0.2) is 41.7 Å². The third-order valence-corrected chi connectivity index (χ3v) is 5.83. The molecule has 0 aliphatic carbocycles. The SMILES string of the molecule is CC(=O)NC1CCN(C(C=O)(OC(C)=O)c2ccccc2)C(Cc2ccc(Cl)cc2)C1. The van der Waals surface area contributed by atoms with Gasteiger partial charge < -0.3 is 10.1 Å². The summed E-state index contributed by atoms with van der Waals surface area (Å²) in [5, 5.41) is 3.64. The number of rotatable bonds is 7. The Hall–Kier alpha value is -2.70. The number of piperidine rings is 1. The van der Waals surface area contributed by atoms with Crippen LogP contribution in [0.4, 0.5) is 0 Å². The van der Waals surface area contributed by atoms with Crippen molar-refractivity contribution in [1.29, 1.82) is 0 Å². The van der Waals surface area contributed by atoms with Crippen molar-refractivity contribution in [3.63, 3.8) is 0 Å². The fraction of sp³-hybridized carbons (Fsp3) is 0.375. The highest BCUT2D eigenvalue weighted by Crippen LogP contribution is 2.36. The van der Waals surface area contributed by atoms with E-state index in [9.17, 15) is 14.4 Å². The Labute approximate surface area is 187 Å². The minimum atomic E-state index is -1.54. The Kier molecular flexibility index (Phi) is 7.46. The zero-order valence-corrected chi connectivity index (χ0v) is 18.5. The van der Waals surface area contributed by atoms with Crippen LogP contribution in [-0.2, 0) is 31.3 Å². The number of carbonyl (C=O) groups excluding carboxylic acids is 3. The summed E-state index contributed by atoms with van der Waals surface area (Å²) in [6.07, 6.45) is 2.57. The molecule has 1 heterocycles. The van der Waals surface area contributed by atoms with Gasteiger partial charge in [-0.25, -0.2) is 0 Å². The van der Waals surface area contributed by atoms with Crippen molar-refractivity contribution in [3.8, 4) is 0 Å². The van der Waals surface area contributed by atoms with Gasteiger partial charge in [0.05, 0.1) is 0 Å². The smallest absolute Gasteiger partial charge is 0.305 e. The third-order valence-electron chi connectivity index (χ3n) is 5.58. The number of ether oxygens (including phenoxy) is 1. The normalized spacial score (nSPS) is 21.0. The van der Waals surface area contributed by atoms with Crippen LogP contribution in [0.1, 0.15) is 37.8 Å². The first-order valence-electron chi connectivity index (χ1n) is 10.3. The molecule has 1 amide bonds. The fourth-order valence-corrected chi connectivity index (χ4v) is 4.46. The molecular formula is C24H27ClN2O4. The molecule has 0 spiro atoms. The summed E-state index contributed by atoms with van der Waals surface area (Å²) in [6, 6.07) is 16.4. The van der Waals surface area contributed by atoms with E-state index in [0.717, 1.165) is 5.56 Å². The number of hydrogen-bond donors (Lipinski definition) is 1. The second kappa shape index (κ2) is 10.1. The molecule has 164 valence electrons. The lowest BCUT2D eigenvalue weighted by Gasteiger charge is -2.48. The van der Waals surface area contributed by atoms with E-state index in [1.165, 1.54) is 13.8 Å². The van der Waals surface area contributed by atoms with Crippen molar-refractivity contribution < 1.29 is 19.1 Å². The molecule has 6 nitrogen and oxygen atoms in total. The highest BCUT2D eigenvalue weighted by Gasteiger charge is 2.47. The van der Waals surface area contributed by atoms with E-state index in [2.05, 4.69) is 5.32 Å². The number of aldehydes is 1. The van der Waals surface area contributed by atoms with Crippen LogP contribution in [0.25, 0.3) is 0 Å². The highest BCUT2D eigenvalue weighted by molar-refractivity contribution is 6.30. The predicted molar refractivity (Wildman–Crippen MR) is 118 cm³/mol. The number of benzene rings is 2. The number of likely N-dealkylation sites (tertiary alicyclic amines) is 1. The Morgan fingerprint density at radius 2 is 1.84 bits per heavy atom. The van der Waals surface area contributed by atoms with Crippen LogP contribution >= 0.6 is 11.6 Å². The zero-order valence-electron chi connectivity index (χ0n) is 17.7. The lowest BCUT2D eigenvalue weighted by molar-refractivity contribution is -0.195. The van der Waals surface area contributed by atoms with Crippen molar-refractivity contribution in [2.24, 2.45) is 0 Å². The molecule has 31 heavy (non-hydrogen) atoms. The molecule has 1 aliphatic rings.